The molecule has 3 N–H and O–H groups in total. The quantitative estimate of drug-likeness (QED) is 0.865. The van der Waals surface area contributed by atoms with E-state index in [9.17, 15) is 0 Å². The predicted octanol–water partition coefficient (Wildman–Crippen LogP) is 2.17. The van der Waals surface area contributed by atoms with Crippen molar-refractivity contribution in [3.63, 3.8) is 0 Å². The van der Waals surface area contributed by atoms with Gasteiger partial charge in [0.1, 0.15) is 16.9 Å². The third-order valence-corrected chi connectivity index (χ3v) is 3.18. The van der Waals surface area contributed by atoms with Crippen LogP contribution in [0.2, 0.25) is 0 Å². The van der Waals surface area contributed by atoms with Crippen LogP contribution in [-0.4, -0.2) is 9.97 Å². The lowest BCUT2D eigenvalue weighted by atomic mass is 10.2. The summed E-state index contributed by atoms with van der Waals surface area (Å²) in [6.45, 7) is 1.98. The Morgan fingerprint density at radius 2 is 2.35 bits per heavy atom. The summed E-state index contributed by atoms with van der Waals surface area (Å²) in [5.41, 5.74) is 6.72. The first-order valence-corrected chi connectivity index (χ1v) is 5.90. The second-order valence-corrected chi connectivity index (χ2v) is 4.44. The molecule has 1 atom stereocenters. The Bertz CT molecular complexity index is 543. The highest BCUT2D eigenvalue weighted by molar-refractivity contribution is 7.09. The number of pyridine rings is 1. The molecule has 2 aromatic rings. The minimum Gasteiger partial charge on any atom is -0.396 e. The molecule has 0 saturated heterocycles. The molecule has 86 valence electrons. The molecule has 0 aliphatic rings. The van der Waals surface area contributed by atoms with Gasteiger partial charge in [0.15, 0.2) is 0 Å². The maximum absolute atomic E-state index is 8.71. The Labute approximate surface area is 103 Å². The van der Waals surface area contributed by atoms with Crippen LogP contribution in [-0.2, 0) is 0 Å². The molecule has 0 spiro atoms. The molecule has 6 heteroatoms. The maximum Gasteiger partial charge on any atom is 0.149 e. The van der Waals surface area contributed by atoms with Crippen molar-refractivity contribution in [2.24, 2.45) is 0 Å². The third kappa shape index (κ3) is 2.52. The molecule has 0 aliphatic heterocycles. The standard InChI is InChI=1S/C11H11N5S/c1-7(11-14-2-3-17-11)16-10-9(13)4-8(5-12)6-15-10/h2-4,6-7H,13H2,1H3,(H,15,16). The monoisotopic (exact) mass is 245 g/mol. The van der Waals surface area contributed by atoms with E-state index in [0.717, 1.165) is 5.01 Å². The molecule has 1 unspecified atom stereocenters. The fraction of sp³-hybridized carbons (Fsp3) is 0.182. The van der Waals surface area contributed by atoms with Crippen molar-refractivity contribution in [1.82, 2.24) is 9.97 Å². The van der Waals surface area contributed by atoms with Crippen molar-refractivity contribution in [1.29, 1.82) is 5.26 Å². The third-order valence-electron chi connectivity index (χ3n) is 2.22. The predicted molar refractivity (Wildman–Crippen MR) is 67.5 cm³/mol. The number of rotatable bonds is 3. The van der Waals surface area contributed by atoms with E-state index in [0.29, 0.717) is 17.1 Å². The number of nitrogens with zero attached hydrogens (tertiary/aromatic N) is 3. The summed E-state index contributed by atoms with van der Waals surface area (Å²) >= 11 is 1.57. The molecule has 2 heterocycles. The normalized spacial score (nSPS) is 11.8. The number of hydrogen-bond acceptors (Lipinski definition) is 6. The van der Waals surface area contributed by atoms with Crippen molar-refractivity contribution >= 4 is 22.8 Å². The molecule has 2 rings (SSSR count). The van der Waals surface area contributed by atoms with Gasteiger partial charge < -0.3 is 11.1 Å². The number of nitrogens with one attached hydrogen (secondary N) is 1. The van der Waals surface area contributed by atoms with E-state index in [1.54, 1.807) is 23.6 Å². The van der Waals surface area contributed by atoms with E-state index in [2.05, 4.69) is 15.3 Å². The van der Waals surface area contributed by atoms with Crippen molar-refractivity contribution in [2.75, 3.05) is 11.1 Å². The largest absolute Gasteiger partial charge is 0.396 e. The van der Waals surface area contributed by atoms with Crippen molar-refractivity contribution < 1.29 is 0 Å². The summed E-state index contributed by atoms with van der Waals surface area (Å²) in [7, 11) is 0. The summed E-state index contributed by atoms with van der Waals surface area (Å²) in [6.07, 6.45) is 3.25. The van der Waals surface area contributed by atoms with E-state index in [1.165, 1.54) is 6.20 Å². The van der Waals surface area contributed by atoms with Gasteiger partial charge in [0.2, 0.25) is 0 Å². The Balaban J connectivity index is 2.17. The van der Waals surface area contributed by atoms with Gasteiger partial charge in [0.05, 0.1) is 17.3 Å². The van der Waals surface area contributed by atoms with Crippen LogP contribution in [0.15, 0.2) is 23.8 Å². The molecule has 5 nitrogen and oxygen atoms in total. The maximum atomic E-state index is 8.71. The zero-order chi connectivity index (χ0) is 12.3. The van der Waals surface area contributed by atoms with Crippen molar-refractivity contribution in [2.45, 2.75) is 13.0 Å². The van der Waals surface area contributed by atoms with E-state index >= 15 is 0 Å². The number of anilines is 2. The van der Waals surface area contributed by atoms with Gasteiger partial charge in [-0.1, -0.05) is 0 Å². The molecule has 0 amide bonds. The van der Waals surface area contributed by atoms with Gasteiger partial charge in [0.25, 0.3) is 0 Å². The number of thiazole rings is 1. The average molecular weight is 245 g/mol. The Kier molecular flexibility index (Phi) is 3.21. The van der Waals surface area contributed by atoms with Gasteiger partial charge in [-0.05, 0) is 13.0 Å². The fourth-order valence-corrected chi connectivity index (χ4v) is 2.02. The minimum absolute atomic E-state index is 0.0396. The number of hydrogen-bond donors (Lipinski definition) is 2. The van der Waals surface area contributed by atoms with E-state index in [4.69, 9.17) is 11.0 Å². The van der Waals surface area contributed by atoms with Crippen LogP contribution in [0, 0.1) is 11.3 Å². The lowest BCUT2D eigenvalue weighted by Crippen LogP contribution is -2.09. The van der Waals surface area contributed by atoms with Gasteiger partial charge in [-0.15, -0.1) is 11.3 Å². The van der Waals surface area contributed by atoms with Crippen LogP contribution in [0.3, 0.4) is 0 Å². The number of aromatic nitrogens is 2. The topological polar surface area (TPSA) is 87.6 Å². The van der Waals surface area contributed by atoms with Crippen molar-refractivity contribution in [3.8, 4) is 6.07 Å². The van der Waals surface area contributed by atoms with Crippen LogP contribution >= 0.6 is 11.3 Å². The first-order chi connectivity index (χ1) is 8.20. The summed E-state index contributed by atoms with van der Waals surface area (Å²) in [5.74, 6) is 0.576. The lowest BCUT2D eigenvalue weighted by molar-refractivity contribution is 0.861. The number of nitriles is 1. The first kappa shape index (κ1) is 11.4. The molecule has 0 aromatic carbocycles. The van der Waals surface area contributed by atoms with Crippen LogP contribution < -0.4 is 11.1 Å². The Morgan fingerprint density at radius 3 is 2.94 bits per heavy atom. The summed E-state index contributed by atoms with van der Waals surface area (Å²) < 4.78 is 0. The molecule has 2 aromatic heterocycles. The molecule has 0 bridgehead atoms. The molecule has 0 saturated carbocycles. The van der Waals surface area contributed by atoms with Gasteiger partial charge in [-0.25, -0.2) is 9.97 Å². The number of nitrogen functional groups attached to an aromatic ring is 1. The smallest absolute Gasteiger partial charge is 0.149 e. The van der Waals surface area contributed by atoms with Gasteiger partial charge >= 0.3 is 0 Å². The minimum atomic E-state index is 0.0396. The van der Waals surface area contributed by atoms with E-state index < -0.39 is 0 Å². The second-order valence-electron chi connectivity index (χ2n) is 3.51. The summed E-state index contributed by atoms with van der Waals surface area (Å²) in [4.78, 5) is 8.33. The first-order valence-electron chi connectivity index (χ1n) is 5.02. The average Bonchev–Trinajstić information content (AvgIpc) is 2.85. The Hall–Kier alpha value is -2.13. The molecule has 0 fully saturated rings. The zero-order valence-electron chi connectivity index (χ0n) is 9.21. The number of nitrogens with two attached hydrogens (primary N) is 1. The van der Waals surface area contributed by atoms with E-state index in [1.807, 2.05) is 18.4 Å². The highest BCUT2D eigenvalue weighted by Crippen LogP contribution is 2.23. The van der Waals surface area contributed by atoms with Crippen LogP contribution in [0.4, 0.5) is 11.5 Å². The lowest BCUT2D eigenvalue weighted by Gasteiger charge is -2.13. The van der Waals surface area contributed by atoms with Gasteiger partial charge in [-0.3, -0.25) is 0 Å². The highest BCUT2D eigenvalue weighted by Gasteiger charge is 2.10. The summed E-state index contributed by atoms with van der Waals surface area (Å²) in [6, 6.07) is 3.64. The fourth-order valence-electron chi connectivity index (χ4n) is 1.38. The molecule has 0 aliphatic carbocycles. The highest BCUT2D eigenvalue weighted by atomic mass is 32.1. The molecule has 0 radical (unpaired) electrons. The van der Waals surface area contributed by atoms with E-state index in [-0.39, 0.29) is 6.04 Å². The van der Waals surface area contributed by atoms with Gasteiger partial charge in [-0.2, -0.15) is 5.26 Å². The Morgan fingerprint density at radius 1 is 1.53 bits per heavy atom. The van der Waals surface area contributed by atoms with Crippen molar-refractivity contribution in [3.05, 3.63) is 34.4 Å². The molecular formula is C11H11N5S. The van der Waals surface area contributed by atoms with Gasteiger partial charge in [0, 0.05) is 17.8 Å². The molecule has 17 heavy (non-hydrogen) atoms. The molecular weight excluding hydrogens is 234 g/mol. The second kappa shape index (κ2) is 4.80. The van der Waals surface area contributed by atoms with Crippen LogP contribution in [0.1, 0.15) is 23.5 Å². The summed E-state index contributed by atoms with van der Waals surface area (Å²) in [5, 5.41) is 14.8. The zero-order valence-corrected chi connectivity index (χ0v) is 10.0. The van der Waals surface area contributed by atoms with Crippen LogP contribution in [0.5, 0.6) is 0 Å². The van der Waals surface area contributed by atoms with Crippen LogP contribution in [0.25, 0.3) is 0 Å². The SMILES string of the molecule is CC(Nc1ncc(C#N)cc1N)c1nccs1.